The zero-order valence-corrected chi connectivity index (χ0v) is 30.1. The number of pyridine rings is 1. The molecule has 1 aliphatic heterocycles. The first kappa shape index (κ1) is 36.0. The van der Waals surface area contributed by atoms with Crippen molar-refractivity contribution >= 4 is 34.4 Å². The second-order valence-electron chi connectivity index (χ2n) is 13.2. The summed E-state index contributed by atoms with van der Waals surface area (Å²) in [6.45, 7) is 5.04. The molecule has 1 fully saturated rings. The molecule has 1 amide bonds. The maximum absolute atomic E-state index is 15.1. The van der Waals surface area contributed by atoms with E-state index in [4.69, 9.17) is 4.74 Å². The fraction of sp³-hybridized carbons (Fsp3) is 0.341. The second-order valence-corrected chi connectivity index (χ2v) is 14.2. The standard InChI is InChI=1S/C41H43F2N5O2S/c1-4-7-37(47(2)41(49)30(25-44)22-32-9-6-21-51-32)29-12-10-27(11-13-29)8-5-18-48-19-16-28(17-20-48)36-24-34-39(35(43)26-45-40(34)46-36)33-23-31(42)14-15-38(33)50-3/h6,9-15,21-24,26,28,37H,4-5,7-8,16-20H2,1-3H3,(H,45,46). The summed E-state index contributed by atoms with van der Waals surface area (Å²) in [5.41, 5.74) is 4.75. The highest BCUT2D eigenvalue weighted by Gasteiger charge is 2.26. The van der Waals surface area contributed by atoms with Crippen LogP contribution in [0.5, 0.6) is 5.75 Å². The van der Waals surface area contributed by atoms with E-state index in [2.05, 4.69) is 52.1 Å². The van der Waals surface area contributed by atoms with Gasteiger partial charge in [0.25, 0.3) is 5.91 Å². The lowest BCUT2D eigenvalue weighted by atomic mass is 9.92. The average molecular weight is 708 g/mol. The van der Waals surface area contributed by atoms with E-state index in [9.17, 15) is 14.4 Å². The molecule has 1 atom stereocenters. The SMILES string of the molecule is CCCC(c1ccc(CCCN2CCC(c3cc4c(-c5cc(F)ccc5OC)c(F)cnc4[nH]3)CC2)cc1)N(C)C(=O)C(C#N)=Cc1cccs1. The summed E-state index contributed by atoms with van der Waals surface area (Å²) in [5, 5.41) is 12.3. The first-order chi connectivity index (χ1) is 24.8. The van der Waals surface area contributed by atoms with E-state index in [1.54, 1.807) is 18.0 Å². The fourth-order valence-corrected chi connectivity index (χ4v) is 7.82. The Labute approximate surface area is 302 Å². The number of piperidine rings is 1. The number of carbonyl (C=O) groups excluding carboxylic acids is 1. The summed E-state index contributed by atoms with van der Waals surface area (Å²) >= 11 is 1.50. The summed E-state index contributed by atoms with van der Waals surface area (Å²) in [6, 6.07) is 20.5. The summed E-state index contributed by atoms with van der Waals surface area (Å²) in [5.74, 6) is -0.534. The molecule has 3 aromatic heterocycles. The topological polar surface area (TPSA) is 85.2 Å². The minimum atomic E-state index is -0.517. The number of fused-ring (bicyclic) bond motifs is 1. The lowest BCUT2D eigenvalue weighted by molar-refractivity contribution is -0.127. The van der Waals surface area contributed by atoms with Crippen molar-refractivity contribution < 1.29 is 18.3 Å². The van der Waals surface area contributed by atoms with E-state index >= 15 is 4.39 Å². The van der Waals surface area contributed by atoms with Crippen LogP contribution in [0.25, 0.3) is 28.2 Å². The van der Waals surface area contributed by atoms with Crippen LogP contribution in [-0.2, 0) is 11.2 Å². The minimum absolute atomic E-state index is 0.110. The molecule has 10 heteroatoms. The summed E-state index contributed by atoms with van der Waals surface area (Å²) in [7, 11) is 3.28. The van der Waals surface area contributed by atoms with Crippen molar-refractivity contribution in [2.45, 2.75) is 57.4 Å². The van der Waals surface area contributed by atoms with Crippen LogP contribution < -0.4 is 4.74 Å². The van der Waals surface area contributed by atoms with Crippen molar-refractivity contribution in [1.29, 1.82) is 5.26 Å². The van der Waals surface area contributed by atoms with Gasteiger partial charge in [-0.2, -0.15) is 5.26 Å². The Balaban J connectivity index is 1.03. The number of rotatable bonds is 13. The molecule has 1 unspecified atom stereocenters. The Hall–Kier alpha value is -4.85. The van der Waals surface area contributed by atoms with Crippen molar-refractivity contribution in [2.75, 3.05) is 33.8 Å². The van der Waals surface area contributed by atoms with Crippen LogP contribution in [0, 0.1) is 23.0 Å². The number of hydrogen-bond donors (Lipinski definition) is 1. The maximum atomic E-state index is 15.1. The van der Waals surface area contributed by atoms with E-state index in [-0.39, 0.29) is 17.5 Å². The van der Waals surface area contributed by atoms with Crippen molar-refractivity contribution in [3.8, 4) is 22.9 Å². The van der Waals surface area contributed by atoms with Gasteiger partial charge in [-0.15, -0.1) is 11.3 Å². The lowest BCUT2D eigenvalue weighted by Gasteiger charge is -2.31. The first-order valence-corrected chi connectivity index (χ1v) is 18.4. The maximum Gasteiger partial charge on any atom is 0.264 e. The normalized spacial score (nSPS) is 14.8. The zero-order chi connectivity index (χ0) is 35.9. The van der Waals surface area contributed by atoms with Crippen LogP contribution in [0.3, 0.4) is 0 Å². The average Bonchev–Trinajstić information content (AvgIpc) is 3.83. The van der Waals surface area contributed by atoms with E-state index in [1.165, 1.54) is 48.4 Å². The van der Waals surface area contributed by atoms with Gasteiger partial charge in [0.15, 0.2) is 0 Å². The summed E-state index contributed by atoms with van der Waals surface area (Å²) in [6.07, 6.45) is 8.52. The number of likely N-dealkylation sites (N-methyl/N-ethyl adjacent to an activating group) is 1. The van der Waals surface area contributed by atoms with Crippen molar-refractivity contribution in [3.63, 3.8) is 0 Å². The van der Waals surface area contributed by atoms with Gasteiger partial charge in [0, 0.05) is 40.0 Å². The van der Waals surface area contributed by atoms with Crippen molar-refractivity contribution in [3.05, 3.63) is 111 Å². The molecule has 51 heavy (non-hydrogen) atoms. The molecule has 1 N–H and O–H groups in total. The van der Waals surface area contributed by atoms with Crippen LogP contribution in [0.2, 0.25) is 0 Å². The molecule has 7 nitrogen and oxygen atoms in total. The molecule has 4 heterocycles. The van der Waals surface area contributed by atoms with Gasteiger partial charge < -0.3 is 19.5 Å². The predicted octanol–water partition coefficient (Wildman–Crippen LogP) is 9.30. The monoisotopic (exact) mass is 707 g/mol. The fourth-order valence-electron chi connectivity index (χ4n) is 7.17. The number of nitrogens with zero attached hydrogens (tertiary/aromatic N) is 4. The zero-order valence-electron chi connectivity index (χ0n) is 29.3. The third-order valence-corrected chi connectivity index (χ3v) is 10.7. The van der Waals surface area contributed by atoms with E-state index < -0.39 is 11.6 Å². The van der Waals surface area contributed by atoms with Crippen LogP contribution in [0.15, 0.2) is 77.8 Å². The number of likely N-dealkylation sites (tertiary alicyclic amines) is 1. The highest BCUT2D eigenvalue weighted by Crippen LogP contribution is 2.39. The number of thiophene rings is 1. The number of nitrogens with one attached hydrogen (secondary N) is 1. The number of methoxy groups -OCH3 is 1. The number of aryl methyl sites for hydroxylation is 1. The number of nitriles is 1. The Morgan fingerprint density at radius 2 is 1.96 bits per heavy atom. The summed E-state index contributed by atoms with van der Waals surface area (Å²) in [4.78, 5) is 26.1. The molecule has 0 aliphatic carbocycles. The van der Waals surface area contributed by atoms with Gasteiger partial charge in [0.2, 0.25) is 0 Å². The molecule has 1 saturated heterocycles. The number of halogens is 2. The Kier molecular flexibility index (Phi) is 11.6. The molecule has 0 bridgehead atoms. The number of carbonyl (C=O) groups is 1. The van der Waals surface area contributed by atoms with Gasteiger partial charge in [-0.05, 0) is 105 Å². The highest BCUT2D eigenvalue weighted by molar-refractivity contribution is 7.10. The van der Waals surface area contributed by atoms with Gasteiger partial charge in [0.05, 0.1) is 19.3 Å². The number of benzene rings is 2. The Bertz CT molecular complexity index is 2030. The molecular weight excluding hydrogens is 665 g/mol. The van der Waals surface area contributed by atoms with Crippen LogP contribution in [0.4, 0.5) is 8.78 Å². The van der Waals surface area contributed by atoms with Crippen molar-refractivity contribution in [1.82, 2.24) is 19.8 Å². The molecule has 2 aromatic carbocycles. The van der Waals surface area contributed by atoms with Crippen LogP contribution in [0.1, 0.15) is 72.7 Å². The molecular formula is C41H43F2N5O2S. The van der Waals surface area contributed by atoms with Gasteiger partial charge in [0.1, 0.15) is 34.7 Å². The Morgan fingerprint density at radius 3 is 2.65 bits per heavy atom. The molecule has 0 spiro atoms. The largest absolute Gasteiger partial charge is 0.496 e. The predicted molar refractivity (Wildman–Crippen MR) is 200 cm³/mol. The van der Waals surface area contributed by atoms with Crippen molar-refractivity contribution in [2.24, 2.45) is 0 Å². The summed E-state index contributed by atoms with van der Waals surface area (Å²) < 4.78 is 34.8. The number of amides is 1. The van der Waals surface area contributed by atoms with Gasteiger partial charge >= 0.3 is 0 Å². The number of ether oxygens (including phenoxy) is 1. The number of hydrogen-bond acceptors (Lipinski definition) is 6. The van der Waals surface area contributed by atoms with Crippen LogP contribution in [-0.4, -0.2) is 59.5 Å². The number of H-pyrrole nitrogens is 1. The molecule has 0 saturated carbocycles. The molecule has 5 aromatic rings. The third-order valence-electron chi connectivity index (χ3n) is 9.93. The molecule has 264 valence electrons. The second kappa shape index (κ2) is 16.4. The quantitative estimate of drug-likeness (QED) is 0.0974. The number of aromatic amines is 1. The van der Waals surface area contributed by atoms with E-state index in [0.29, 0.717) is 33.8 Å². The Morgan fingerprint density at radius 1 is 1.18 bits per heavy atom. The van der Waals surface area contributed by atoms with Gasteiger partial charge in [-0.3, -0.25) is 4.79 Å². The van der Waals surface area contributed by atoms with Gasteiger partial charge in [-0.25, -0.2) is 13.8 Å². The van der Waals surface area contributed by atoms with Crippen LogP contribution >= 0.6 is 11.3 Å². The molecule has 6 rings (SSSR count). The first-order valence-electron chi connectivity index (χ1n) is 17.5. The third kappa shape index (κ3) is 8.22. The molecule has 1 aliphatic rings. The van der Waals surface area contributed by atoms with E-state index in [1.807, 2.05) is 23.6 Å². The highest BCUT2D eigenvalue weighted by atomic mass is 32.1. The van der Waals surface area contributed by atoms with Gasteiger partial charge in [-0.1, -0.05) is 43.7 Å². The minimum Gasteiger partial charge on any atom is -0.496 e. The smallest absolute Gasteiger partial charge is 0.264 e. The number of aromatic nitrogens is 2. The lowest BCUT2D eigenvalue weighted by Crippen LogP contribution is -2.34. The molecule has 0 radical (unpaired) electrons. The van der Waals surface area contributed by atoms with E-state index in [0.717, 1.165) is 74.3 Å².